The first-order chi connectivity index (χ1) is 22.1. The lowest BCUT2D eigenvalue weighted by Gasteiger charge is -2.30. The van der Waals surface area contributed by atoms with Gasteiger partial charge in [-0.25, -0.2) is 4.39 Å². The van der Waals surface area contributed by atoms with Crippen LogP contribution in [-0.2, 0) is 27.3 Å². The first kappa shape index (κ1) is 35.1. The average molecular weight is 650 g/mol. The molecule has 0 saturated heterocycles. The van der Waals surface area contributed by atoms with Gasteiger partial charge in [-0.1, -0.05) is 99.1 Å². The summed E-state index contributed by atoms with van der Waals surface area (Å²) in [5.74, 6) is -0.629. The molecular formula is C37H45ClFN3O4. The maximum Gasteiger partial charge on any atom is 0.257 e. The number of aryl methyl sites for hydroxylation is 1. The third kappa shape index (κ3) is 11.0. The molecule has 2 unspecified atom stereocenters. The van der Waals surface area contributed by atoms with Gasteiger partial charge in [0, 0.05) is 24.2 Å². The Labute approximate surface area is 277 Å². The Hall–Kier alpha value is -3.72. The summed E-state index contributed by atoms with van der Waals surface area (Å²) in [7, 11) is 0. The molecule has 4 rings (SSSR count). The lowest BCUT2D eigenvalue weighted by Crippen LogP contribution is -2.43. The summed E-state index contributed by atoms with van der Waals surface area (Å²) in [4.78, 5) is 28.2. The van der Waals surface area contributed by atoms with E-state index in [1.165, 1.54) is 16.5 Å². The predicted octanol–water partition coefficient (Wildman–Crippen LogP) is 6.92. The third-order valence-corrected chi connectivity index (χ3v) is 7.81. The maximum atomic E-state index is 14.1. The van der Waals surface area contributed by atoms with Gasteiger partial charge in [0.25, 0.3) is 5.91 Å². The van der Waals surface area contributed by atoms with Gasteiger partial charge < -0.3 is 25.0 Å². The van der Waals surface area contributed by atoms with Crippen LogP contribution in [0.2, 0.25) is 0 Å². The second-order valence-electron chi connectivity index (χ2n) is 12.7. The predicted molar refractivity (Wildman–Crippen MR) is 180 cm³/mol. The zero-order valence-electron chi connectivity index (χ0n) is 26.9. The zero-order valence-corrected chi connectivity index (χ0v) is 27.7. The lowest BCUT2D eigenvalue weighted by molar-refractivity contribution is -0.147. The van der Waals surface area contributed by atoms with Gasteiger partial charge in [-0.15, -0.1) is 0 Å². The summed E-state index contributed by atoms with van der Waals surface area (Å²) in [6, 6.07) is 24.2. The molecule has 9 heteroatoms. The van der Waals surface area contributed by atoms with Gasteiger partial charge in [0.1, 0.15) is 28.9 Å². The van der Waals surface area contributed by atoms with Crippen molar-refractivity contribution in [2.24, 2.45) is 5.41 Å². The number of halogens is 2. The molecule has 1 aliphatic rings. The fourth-order valence-electron chi connectivity index (χ4n) is 5.18. The summed E-state index contributed by atoms with van der Waals surface area (Å²) >= 11 is 6.77. The Morgan fingerprint density at radius 1 is 0.978 bits per heavy atom. The highest BCUT2D eigenvalue weighted by atomic mass is 35.5. The molecule has 0 radical (unpaired) electrons. The van der Waals surface area contributed by atoms with Gasteiger partial charge in [0.2, 0.25) is 5.91 Å². The molecule has 0 aromatic heterocycles. The van der Waals surface area contributed by atoms with Crippen molar-refractivity contribution in [1.82, 2.24) is 15.5 Å². The lowest BCUT2D eigenvalue weighted by atomic mass is 9.96. The van der Waals surface area contributed by atoms with Gasteiger partial charge >= 0.3 is 0 Å². The molecule has 3 aromatic rings. The molecule has 0 bridgehead atoms. The smallest absolute Gasteiger partial charge is 0.257 e. The van der Waals surface area contributed by atoms with Crippen molar-refractivity contribution in [3.8, 4) is 5.75 Å². The van der Waals surface area contributed by atoms with Crippen molar-refractivity contribution in [3.63, 3.8) is 0 Å². The molecule has 0 saturated carbocycles. The van der Waals surface area contributed by atoms with Crippen LogP contribution >= 0.6 is 11.6 Å². The van der Waals surface area contributed by atoms with Crippen LogP contribution in [0.1, 0.15) is 62.8 Å². The molecule has 46 heavy (non-hydrogen) atoms. The number of hydrogen-bond acceptors (Lipinski definition) is 5. The van der Waals surface area contributed by atoms with E-state index in [0.29, 0.717) is 30.0 Å². The molecule has 0 spiro atoms. The topological polar surface area (TPSA) is 79.9 Å². The molecule has 246 valence electrons. The summed E-state index contributed by atoms with van der Waals surface area (Å²) in [6.07, 6.45) is 2.50. The molecular weight excluding hydrogens is 605 g/mol. The van der Waals surface area contributed by atoms with Crippen molar-refractivity contribution in [3.05, 3.63) is 113 Å². The van der Waals surface area contributed by atoms with Crippen LogP contribution in [0.4, 0.5) is 4.39 Å². The van der Waals surface area contributed by atoms with Gasteiger partial charge in [0.05, 0.1) is 13.0 Å². The second kappa shape index (κ2) is 17.3. The highest BCUT2D eigenvalue weighted by molar-refractivity contribution is 6.30. The molecule has 2 atom stereocenters. The monoisotopic (exact) mass is 649 g/mol. The minimum Gasteiger partial charge on any atom is -0.493 e. The van der Waals surface area contributed by atoms with E-state index in [1.54, 1.807) is 24.3 Å². The third-order valence-electron chi connectivity index (χ3n) is 7.48. The normalized spacial score (nSPS) is 16.9. The van der Waals surface area contributed by atoms with Crippen molar-refractivity contribution in [1.29, 1.82) is 0 Å². The molecule has 3 aromatic carbocycles. The summed E-state index contributed by atoms with van der Waals surface area (Å²) in [5, 5.41) is 6.43. The Bertz CT molecular complexity index is 1460. The minimum absolute atomic E-state index is 0.000879. The number of para-hydroxylation sites is 1. The number of carbonyl (C=O) groups excluding carboxylic acids is 2. The second-order valence-corrected chi connectivity index (χ2v) is 13.1. The maximum absolute atomic E-state index is 14.1. The van der Waals surface area contributed by atoms with E-state index in [9.17, 15) is 14.0 Å². The molecule has 0 aliphatic carbocycles. The summed E-state index contributed by atoms with van der Waals surface area (Å²) in [5.41, 5.74) is 2.14. The van der Waals surface area contributed by atoms with Gasteiger partial charge in [0.15, 0.2) is 0 Å². The summed E-state index contributed by atoms with van der Waals surface area (Å²) < 4.78 is 26.6. The van der Waals surface area contributed by atoms with Crippen LogP contribution in [0.5, 0.6) is 5.75 Å². The van der Waals surface area contributed by atoms with Crippen LogP contribution in [0.15, 0.2) is 90.1 Å². The number of rotatable bonds is 15. The van der Waals surface area contributed by atoms with Gasteiger partial charge in [-0.05, 0) is 61.5 Å². The van der Waals surface area contributed by atoms with E-state index in [2.05, 4.69) is 34.9 Å². The van der Waals surface area contributed by atoms with Gasteiger partial charge in [-0.2, -0.15) is 0 Å². The Kier molecular flexibility index (Phi) is 13.2. The quantitative estimate of drug-likeness (QED) is 0.138. The first-order valence-electron chi connectivity index (χ1n) is 15.9. The molecule has 2 N–H and O–H groups in total. The molecule has 1 heterocycles. The number of nitrogens with one attached hydrogen (secondary N) is 2. The van der Waals surface area contributed by atoms with Crippen LogP contribution in [0.25, 0.3) is 0 Å². The molecule has 2 amide bonds. The number of benzene rings is 3. The minimum atomic E-state index is -1.12. The number of nitrogens with zero attached hydrogens (tertiary/aromatic N) is 1. The first-order valence-corrected chi connectivity index (χ1v) is 16.3. The zero-order chi connectivity index (χ0) is 32.9. The van der Waals surface area contributed by atoms with Crippen LogP contribution in [0.3, 0.4) is 0 Å². The average Bonchev–Trinajstić information content (AvgIpc) is 3.13. The number of ether oxygens (including phenoxy) is 2. The molecule has 1 aliphatic heterocycles. The van der Waals surface area contributed by atoms with E-state index in [4.69, 9.17) is 21.1 Å². The molecule has 7 nitrogen and oxygen atoms in total. The van der Waals surface area contributed by atoms with E-state index >= 15 is 0 Å². The highest BCUT2D eigenvalue weighted by Gasteiger charge is 2.37. The van der Waals surface area contributed by atoms with E-state index in [-0.39, 0.29) is 23.5 Å². The van der Waals surface area contributed by atoms with Crippen molar-refractivity contribution >= 4 is 23.4 Å². The fraction of sp³-hybridized carbons (Fsp3) is 0.405. The number of amides is 2. The SMILES string of the molecule is CC(C)(C)CN1C(=O)C(CC(=O)NCc2ccccc2F)OC(c2ccccc2OCCCNCCCc2ccccc2)C=C1Cl. The highest BCUT2D eigenvalue weighted by Crippen LogP contribution is 2.36. The van der Waals surface area contributed by atoms with Crippen LogP contribution in [-0.4, -0.2) is 49.1 Å². The number of carbonyl (C=O) groups is 2. The standard InChI is InChI=1S/C37H45ClFN3O4/c1-37(2,3)26-42-34(38)23-32(46-33(36(42)44)24-35(43)41-25-28-16-7-9-18-30(28)39)29-17-8-10-19-31(29)45-22-12-21-40-20-11-15-27-13-5-4-6-14-27/h4-10,13-14,16-19,23,32-33,40H,11-12,15,20-22,24-26H2,1-3H3,(H,41,43). The van der Waals surface area contributed by atoms with Crippen molar-refractivity contribution in [2.75, 3.05) is 26.2 Å². The van der Waals surface area contributed by atoms with Crippen molar-refractivity contribution in [2.45, 2.75) is 65.2 Å². The fourth-order valence-corrected chi connectivity index (χ4v) is 5.44. The Morgan fingerprint density at radius 3 is 2.43 bits per heavy atom. The Morgan fingerprint density at radius 2 is 1.67 bits per heavy atom. The number of hydrogen-bond donors (Lipinski definition) is 2. The molecule has 0 fully saturated rings. The van der Waals surface area contributed by atoms with Crippen LogP contribution in [0, 0.1) is 11.2 Å². The van der Waals surface area contributed by atoms with E-state index < -0.39 is 29.8 Å². The van der Waals surface area contributed by atoms with Crippen molar-refractivity contribution < 1.29 is 23.5 Å². The largest absolute Gasteiger partial charge is 0.493 e. The Balaban J connectivity index is 1.39. The van der Waals surface area contributed by atoms with E-state index in [0.717, 1.165) is 32.4 Å². The summed E-state index contributed by atoms with van der Waals surface area (Å²) in [6.45, 7) is 8.59. The van der Waals surface area contributed by atoms with Gasteiger partial charge in [-0.3, -0.25) is 9.59 Å². The van der Waals surface area contributed by atoms with E-state index in [1.807, 2.05) is 51.1 Å². The van der Waals surface area contributed by atoms with Crippen LogP contribution < -0.4 is 15.4 Å².